The molecule has 0 radical (unpaired) electrons. The lowest BCUT2D eigenvalue weighted by Crippen LogP contribution is -2.47. The quantitative estimate of drug-likeness (QED) is 0.768. The molecule has 0 bridgehead atoms. The van der Waals surface area contributed by atoms with Crippen LogP contribution in [-0.4, -0.2) is 36.6 Å². The van der Waals surface area contributed by atoms with E-state index in [1.807, 2.05) is 0 Å². The third kappa shape index (κ3) is 2.94. The Morgan fingerprint density at radius 3 is 2.60 bits per heavy atom. The van der Waals surface area contributed by atoms with Crippen molar-refractivity contribution in [3.05, 3.63) is 0 Å². The molecule has 15 heavy (non-hydrogen) atoms. The maximum atomic E-state index is 3.63. The number of hydrogen-bond donors (Lipinski definition) is 1. The Kier molecular flexibility index (Phi) is 3.09. The standard InChI is InChI=1S/C13H26N2/c1-4-13(6-7-13)11-15-9-5-8-14-12(2,3)10-15/h14H,4-11H2,1-3H3. The summed E-state index contributed by atoms with van der Waals surface area (Å²) in [5.41, 5.74) is 1.01. The van der Waals surface area contributed by atoms with Gasteiger partial charge < -0.3 is 10.2 Å². The first kappa shape index (κ1) is 11.4. The molecule has 1 aliphatic carbocycles. The van der Waals surface area contributed by atoms with Crippen molar-refractivity contribution >= 4 is 0 Å². The van der Waals surface area contributed by atoms with Gasteiger partial charge in [0.25, 0.3) is 0 Å². The number of nitrogens with one attached hydrogen (secondary N) is 1. The highest BCUT2D eigenvalue weighted by Crippen LogP contribution is 2.49. The van der Waals surface area contributed by atoms with Crippen LogP contribution in [-0.2, 0) is 0 Å². The zero-order valence-electron chi connectivity index (χ0n) is 10.6. The summed E-state index contributed by atoms with van der Waals surface area (Å²) in [5, 5.41) is 3.63. The highest BCUT2D eigenvalue weighted by atomic mass is 15.2. The van der Waals surface area contributed by atoms with E-state index in [1.165, 1.54) is 51.9 Å². The summed E-state index contributed by atoms with van der Waals surface area (Å²) >= 11 is 0. The third-order valence-electron chi connectivity index (χ3n) is 4.14. The van der Waals surface area contributed by atoms with Gasteiger partial charge in [-0.25, -0.2) is 0 Å². The van der Waals surface area contributed by atoms with E-state index in [-0.39, 0.29) is 0 Å². The van der Waals surface area contributed by atoms with Gasteiger partial charge in [-0.05, 0) is 58.0 Å². The second kappa shape index (κ2) is 4.06. The fourth-order valence-corrected chi connectivity index (χ4v) is 2.83. The molecule has 0 aromatic carbocycles. The predicted octanol–water partition coefficient (Wildman–Crippen LogP) is 2.25. The van der Waals surface area contributed by atoms with Crippen LogP contribution in [0.15, 0.2) is 0 Å². The van der Waals surface area contributed by atoms with Crippen molar-refractivity contribution in [1.82, 2.24) is 10.2 Å². The van der Waals surface area contributed by atoms with Crippen LogP contribution in [0, 0.1) is 5.41 Å². The topological polar surface area (TPSA) is 15.3 Å². The zero-order valence-corrected chi connectivity index (χ0v) is 10.6. The minimum atomic E-state index is 0.306. The molecule has 88 valence electrons. The van der Waals surface area contributed by atoms with Crippen molar-refractivity contribution < 1.29 is 0 Å². The fraction of sp³-hybridized carbons (Fsp3) is 1.00. The van der Waals surface area contributed by atoms with Crippen LogP contribution in [0.1, 0.15) is 46.5 Å². The lowest BCUT2D eigenvalue weighted by atomic mass is 10.0. The zero-order chi connectivity index (χ0) is 10.9. The summed E-state index contributed by atoms with van der Waals surface area (Å²) in [6.07, 6.45) is 5.61. The number of hydrogen-bond acceptors (Lipinski definition) is 2. The molecule has 2 aliphatic rings. The summed E-state index contributed by atoms with van der Waals surface area (Å²) in [5.74, 6) is 0. The first-order valence-electron chi connectivity index (χ1n) is 6.53. The van der Waals surface area contributed by atoms with E-state index in [4.69, 9.17) is 0 Å². The molecule has 0 aromatic heterocycles. The number of nitrogens with zero attached hydrogens (tertiary/aromatic N) is 1. The Morgan fingerprint density at radius 1 is 1.27 bits per heavy atom. The molecule has 2 heteroatoms. The lowest BCUT2D eigenvalue weighted by molar-refractivity contribution is 0.188. The Hall–Kier alpha value is -0.0800. The molecular formula is C13H26N2. The molecule has 1 N–H and O–H groups in total. The minimum Gasteiger partial charge on any atom is -0.310 e. The molecule has 0 atom stereocenters. The smallest absolute Gasteiger partial charge is 0.0252 e. The summed E-state index contributed by atoms with van der Waals surface area (Å²) in [7, 11) is 0. The van der Waals surface area contributed by atoms with Crippen LogP contribution in [0.3, 0.4) is 0 Å². The average Bonchev–Trinajstić information content (AvgIpc) is 2.93. The Bertz CT molecular complexity index is 219. The highest BCUT2D eigenvalue weighted by molar-refractivity contribution is 4.96. The molecule has 1 heterocycles. The monoisotopic (exact) mass is 210 g/mol. The number of rotatable bonds is 3. The Labute approximate surface area is 94.4 Å². The van der Waals surface area contributed by atoms with Crippen LogP contribution in [0.2, 0.25) is 0 Å². The van der Waals surface area contributed by atoms with E-state index >= 15 is 0 Å². The van der Waals surface area contributed by atoms with Gasteiger partial charge in [0.2, 0.25) is 0 Å². The van der Waals surface area contributed by atoms with Crippen LogP contribution in [0.4, 0.5) is 0 Å². The first-order chi connectivity index (χ1) is 7.05. The van der Waals surface area contributed by atoms with Gasteiger partial charge in [-0.1, -0.05) is 6.92 Å². The van der Waals surface area contributed by atoms with Crippen molar-refractivity contribution in [2.24, 2.45) is 5.41 Å². The third-order valence-corrected chi connectivity index (χ3v) is 4.14. The summed E-state index contributed by atoms with van der Waals surface area (Å²) in [4.78, 5) is 2.69. The molecule has 1 aliphatic heterocycles. The largest absolute Gasteiger partial charge is 0.310 e. The van der Waals surface area contributed by atoms with Crippen LogP contribution in [0.5, 0.6) is 0 Å². The van der Waals surface area contributed by atoms with Crippen molar-refractivity contribution in [2.45, 2.75) is 52.0 Å². The SMILES string of the molecule is CCC1(CN2CCCNC(C)(C)C2)CC1. The molecule has 2 nitrogen and oxygen atoms in total. The summed E-state index contributed by atoms with van der Waals surface area (Å²) in [6.45, 7) is 12.0. The van der Waals surface area contributed by atoms with Gasteiger partial charge in [0, 0.05) is 18.6 Å². The van der Waals surface area contributed by atoms with Gasteiger partial charge in [-0.3, -0.25) is 0 Å². The molecular weight excluding hydrogens is 184 g/mol. The molecule has 2 rings (SSSR count). The Morgan fingerprint density at radius 2 is 2.00 bits per heavy atom. The molecule has 0 unspecified atom stereocenters. The molecule has 0 aromatic rings. The van der Waals surface area contributed by atoms with Gasteiger partial charge in [0.05, 0.1) is 0 Å². The maximum Gasteiger partial charge on any atom is 0.0252 e. The molecule has 0 amide bonds. The fourth-order valence-electron chi connectivity index (χ4n) is 2.83. The second-order valence-corrected chi connectivity index (χ2v) is 6.23. The van der Waals surface area contributed by atoms with Gasteiger partial charge in [-0.15, -0.1) is 0 Å². The van der Waals surface area contributed by atoms with Gasteiger partial charge >= 0.3 is 0 Å². The van der Waals surface area contributed by atoms with E-state index in [0.717, 1.165) is 0 Å². The highest BCUT2D eigenvalue weighted by Gasteiger charge is 2.42. The molecule has 0 spiro atoms. The van der Waals surface area contributed by atoms with Crippen molar-refractivity contribution in [2.75, 3.05) is 26.2 Å². The van der Waals surface area contributed by atoms with E-state index in [9.17, 15) is 0 Å². The van der Waals surface area contributed by atoms with E-state index in [2.05, 4.69) is 31.0 Å². The van der Waals surface area contributed by atoms with Crippen LogP contribution >= 0.6 is 0 Å². The molecule has 1 saturated heterocycles. The summed E-state index contributed by atoms with van der Waals surface area (Å²) < 4.78 is 0. The van der Waals surface area contributed by atoms with Gasteiger partial charge in [0.15, 0.2) is 0 Å². The van der Waals surface area contributed by atoms with E-state index in [1.54, 1.807) is 0 Å². The minimum absolute atomic E-state index is 0.306. The second-order valence-electron chi connectivity index (χ2n) is 6.23. The van der Waals surface area contributed by atoms with E-state index in [0.29, 0.717) is 11.0 Å². The first-order valence-corrected chi connectivity index (χ1v) is 6.53. The van der Waals surface area contributed by atoms with Gasteiger partial charge in [-0.2, -0.15) is 0 Å². The summed E-state index contributed by atoms with van der Waals surface area (Å²) in [6, 6.07) is 0. The average molecular weight is 210 g/mol. The lowest BCUT2D eigenvalue weighted by Gasteiger charge is -2.32. The van der Waals surface area contributed by atoms with E-state index < -0.39 is 0 Å². The molecule has 2 fully saturated rings. The van der Waals surface area contributed by atoms with Gasteiger partial charge in [0.1, 0.15) is 0 Å². The van der Waals surface area contributed by atoms with Crippen LogP contribution in [0.25, 0.3) is 0 Å². The van der Waals surface area contributed by atoms with Crippen molar-refractivity contribution in [1.29, 1.82) is 0 Å². The Balaban J connectivity index is 1.90. The molecule has 1 saturated carbocycles. The van der Waals surface area contributed by atoms with Crippen molar-refractivity contribution in [3.8, 4) is 0 Å². The van der Waals surface area contributed by atoms with Crippen molar-refractivity contribution in [3.63, 3.8) is 0 Å². The van der Waals surface area contributed by atoms with Crippen LogP contribution < -0.4 is 5.32 Å². The predicted molar refractivity (Wildman–Crippen MR) is 65.1 cm³/mol. The maximum absolute atomic E-state index is 3.63. The normalized spacial score (nSPS) is 29.8.